The first-order valence-electron chi connectivity index (χ1n) is 14.2. The fourth-order valence-electron chi connectivity index (χ4n) is 7.68. The molecule has 6 nitrogen and oxygen atoms in total. The average Bonchev–Trinajstić information content (AvgIpc) is 3.26. The van der Waals surface area contributed by atoms with E-state index < -0.39 is 11.8 Å². The Bertz CT molecular complexity index is 1140. The number of benzene rings is 2. The van der Waals surface area contributed by atoms with Gasteiger partial charge in [-0.05, 0) is 18.8 Å². The molecule has 2 aromatic rings. The van der Waals surface area contributed by atoms with Gasteiger partial charge in [-0.25, -0.2) is 0 Å². The van der Waals surface area contributed by atoms with E-state index in [1.807, 2.05) is 60.7 Å². The minimum Gasteiger partial charge on any atom is -0.461 e. The SMILES string of the molecule is CC1CCC=C2C[C@H]3OC(=O)C(CN4CCN(C(O)(c5ccccc5)c5ccccc5)CC4)[C@H]3C(O)[C@@]21C. The quantitative estimate of drug-likeness (QED) is 0.466. The van der Waals surface area contributed by atoms with E-state index in [2.05, 4.69) is 29.7 Å². The Labute approximate surface area is 225 Å². The third-order valence-electron chi connectivity index (χ3n) is 10.2. The number of fused-ring (bicyclic) bond motifs is 2. The average molecular weight is 517 g/mol. The van der Waals surface area contributed by atoms with Crippen molar-refractivity contribution in [3.8, 4) is 0 Å². The van der Waals surface area contributed by atoms with Crippen LogP contribution in [0.5, 0.6) is 0 Å². The molecule has 2 aliphatic carbocycles. The maximum absolute atomic E-state index is 13.1. The first-order chi connectivity index (χ1) is 18.3. The number of piperazine rings is 1. The van der Waals surface area contributed by atoms with E-state index in [0.717, 1.165) is 43.5 Å². The summed E-state index contributed by atoms with van der Waals surface area (Å²) < 4.78 is 5.89. The first-order valence-corrected chi connectivity index (χ1v) is 14.2. The fraction of sp³-hybridized carbons (Fsp3) is 0.531. The van der Waals surface area contributed by atoms with Crippen LogP contribution in [0.1, 0.15) is 44.2 Å². The molecule has 0 radical (unpaired) electrons. The lowest BCUT2D eigenvalue weighted by atomic mass is 9.55. The van der Waals surface area contributed by atoms with E-state index >= 15 is 0 Å². The van der Waals surface area contributed by atoms with Crippen molar-refractivity contribution in [1.29, 1.82) is 0 Å². The standard InChI is InChI=1S/C32H40N2O4/c1-22-10-9-15-25-20-27-28(29(35)31(22,25)2)26(30(36)38-27)21-33-16-18-34(19-17-33)32(37,23-11-5-3-6-12-23)24-13-7-4-8-14-24/h3-8,11-15,22,26-29,35,37H,9-10,16-21H2,1-2H3/t22?,26?,27-,28-,29?,31-/m1/s1. The van der Waals surface area contributed by atoms with Crippen LogP contribution in [-0.4, -0.2) is 70.9 Å². The summed E-state index contributed by atoms with van der Waals surface area (Å²) in [6.07, 6.45) is 4.33. The number of hydrogen-bond donors (Lipinski definition) is 2. The summed E-state index contributed by atoms with van der Waals surface area (Å²) in [4.78, 5) is 17.6. The zero-order valence-corrected chi connectivity index (χ0v) is 22.5. The number of ether oxygens (including phenoxy) is 1. The predicted octanol–water partition coefficient (Wildman–Crippen LogP) is 3.78. The van der Waals surface area contributed by atoms with Crippen LogP contribution < -0.4 is 0 Å². The number of esters is 1. The molecule has 0 spiro atoms. The summed E-state index contributed by atoms with van der Waals surface area (Å²) >= 11 is 0. The Balaban J connectivity index is 1.18. The molecule has 4 aliphatic rings. The van der Waals surface area contributed by atoms with Gasteiger partial charge in [-0.2, -0.15) is 0 Å². The normalized spacial score (nSPS) is 34.3. The van der Waals surface area contributed by atoms with E-state index in [-0.39, 0.29) is 29.3 Å². The topological polar surface area (TPSA) is 73.2 Å². The van der Waals surface area contributed by atoms with Crippen LogP contribution in [0.3, 0.4) is 0 Å². The predicted molar refractivity (Wildman–Crippen MR) is 146 cm³/mol. The maximum Gasteiger partial charge on any atom is 0.311 e. The summed E-state index contributed by atoms with van der Waals surface area (Å²) in [6, 6.07) is 19.7. The van der Waals surface area contributed by atoms with E-state index in [0.29, 0.717) is 25.6 Å². The highest BCUT2D eigenvalue weighted by Crippen LogP contribution is 2.56. The van der Waals surface area contributed by atoms with Crippen molar-refractivity contribution in [3.05, 3.63) is 83.4 Å². The first kappa shape index (κ1) is 25.8. The van der Waals surface area contributed by atoms with Crippen LogP contribution in [0, 0.1) is 23.2 Å². The highest BCUT2D eigenvalue weighted by molar-refractivity contribution is 5.76. The van der Waals surface area contributed by atoms with Crippen molar-refractivity contribution in [2.24, 2.45) is 23.2 Å². The Morgan fingerprint density at radius 1 is 1.00 bits per heavy atom. The highest BCUT2D eigenvalue weighted by atomic mass is 16.6. The lowest BCUT2D eigenvalue weighted by Crippen LogP contribution is -2.58. The number of hydrogen-bond acceptors (Lipinski definition) is 6. The molecule has 38 heavy (non-hydrogen) atoms. The van der Waals surface area contributed by atoms with Gasteiger partial charge in [0, 0.05) is 61.6 Å². The Kier molecular flexibility index (Phi) is 6.71. The van der Waals surface area contributed by atoms with Crippen molar-refractivity contribution in [2.45, 2.75) is 51.0 Å². The van der Waals surface area contributed by atoms with Gasteiger partial charge in [0.15, 0.2) is 5.72 Å². The van der Waals surface area contributed by atoms with Gasteiger partial charge >= 0.3 is 5.97 Å². The maximum atomic E-state index is 13.1. The molecule has 202 valence electrons. The second kappa shape index (κ2) is 9.91. The Hall–Kier alpha value is -2.51. The fourth-order valence-corrected chi connectivity index (χ4v) is 7.68. The molecule has 2 aliphatic heterocycles. The number of aliphatic hydroxyl groups excluding tert-OH is 1. The molecule has 0 amide bonds. The third kappa shape index (κ3) is 4.04. The van der Waals surface area contributed by atoms with Crippen LogP contribution in [0.15, 0.2) is 72.3 Å². The van der Waals surface area contributed by atoms with Crippen LogP contribution in [0.4, 0.5) is 0 Å². The molecule has 2 heterocycles. The number of carbonyl (C=O) groups excluding carboxylic acids is 1. The van der Waals surface area contributed by atoms with Gasteiger partial charge in [0.2, 0.25) is 0 Å². The van der Waals surface area contributed by atoms with Gasteiger partial charge < -0.3 is 14.9 Å². The minimum absolute atomic E-state index is 0.165. The van der Waals surface area contributed by atoms with Crippen LogP contribution in [-0.2, 0) is 15.3 Å². The van der Waals surface area contributed by atoms with Crippen molar-refractivity contribution in [3.63, 3.8) is 0 Å². The molecule has 3 fully saturated rings. The summed E-state index contributed by atoms with van der Waals surface area (Å²) in [5.74, 6) is -0.279. The molecule has 0 bridgehead atoms. The number of nitrogens with zero attached hydrogens (tertiary/aromatic N) is 2. The lowest BCUT2D eigenvalue weighted by Gasteiger charge is -2.52. The highest BCUT2D eigenvalue weighted by Gasteiger charge is 2.60. The number of aliphatic hydroxyl groups is 2. The van der Waals surface area contributed by atoms with Crippen molar-refractivity contribution in [2.75, 3.05) is 32.7 Å². The second-order valence-corrected chi connectivity index (χ2v) is 12.0. The number of carbonyl (C=O) groups is 1. The van der Waals surface area contributed by atoms with Gasteiger partial charge in [0.25, 0.3) is 0 Å². The zero-order chi connectivity index (χ0) is 26.5. The zero-order valence-electron chi connectivity index (χ0n) is 22.5. The molecule has 3 unspecified atom stereocenters. The van der Waals surface area contributed by atoms with E-state index in [4.69, 9.17) is 4.74 Å². The monoisotopic (exact) mass is 516 g/mol. The number of allylic oxidation sites excluding steroid dienone is 1. The van der Waals surface area contributed by atoms with Gasteiger partial charge in [-0.15, -0.1) is 0 Å². The minimum atomic E-state index is -1.22. The largest absolute Gasteiger partial charge is 0.461 e. The van der Waals surface area contributed by atoms with Crippen LogP contribution >= 0.6 is 0 Å². The van der Waals surface area contributed by atoms with E-state index in [1.54, 1.807) is 0 Å². The third-order valence-corrected chi connectivity index (χ3v) is 10.2. The summed E-state index contributed by atoms with van der Waals surface area (Å²) in [5.41, 5.74) is 1.47. The molecule has 2 saturated heterocycles. The summed E-state index contributed by atoms with van der Waals surface area (Å²) in [6.45, 7) is 7.82. The van der Waals surface area contributed by atoms with Gasteiger partial charge in [-0.3, -0.25) is 14.6 Å². The van der Waals surface area contributed by atoms with Gasteiger partial charge in [0.05, 0.1) is 12.0 Å². The Morgan fingerprint density at radius 2 is 1.61 bits per heavy atom. The molecule has 1 saturated carbocycles. The summed E-state index contributed by atoms with van der Waals surface area (Å²) in [5, 5.41) is 23.8. The lowest BCUT2D eigenvalue weighted by molar-refractivity contribution is -0.145. The molecule has 6 atom stereocenters. The molecular weight excluding hydrogens is 476 g/mol. The molecule has 2 N–H and O–H groups in total. The van der Waals surface area contributed by atoms with Crippen LogP contribution in [0.2, 0.25) is 0 Å². The molecule has 6 heteroatoms. The van der Waals surface area contributed by atoms with Crippen molar-refractivity contribution < 1.29 is 19.7 Å². The van der Waals surface area contributed by atoms with Gasteiger partial charge in [-0.1, -0.05) is 86.2 Å². The van der Waals surface area contributed by atoms with Crippen LogP contribution in [0.25, 0.3) is 0 Å². The van der Waals surface area contributed by atoms with Crippen molar-refractivity contribution in [1.82, 2.24) is 9.80 Å². The molecular formula is C32H40N2O4. The van der Waals surface area contributed by atoms with Gasteiger partial charge in [0.1, 0.15) is 6.10 Å². The Morgan fingerprint density at radius 3 is 2.21 bits per heavy atom. The van der Waals surface area contributed by atoms with E-state index in [9.17, 15) is 15.0 Å². The van der Waals surface area contributed by atoms with E-state index in [1.165, 1.54) is 5.57 Å². The molecule has 2 aromatic carbocycles. The molecule has 0 aromatic heterocycles. The second-order valence-electron chi connectivity index (χ2n) is 12.0. The number of rotatable bonds is 5. The van der Waals surface area contributed by atoms with Crippen molar-refractivity contribution >= 4 is 5.97 Å². The smallest absolute Gasteiger partial charge is 0.311 e. The molecule has 6 rings (SSSR count). The summed E-state index contributed by atoms with van der Waals surface area (Å²) in [7, 11) is 0.